The lowest BCUT2D eigenvalue weighted by Crippen LogP contribution is -2.09. The van der Waals surface area contributed by atoms with Gasteiger partial charge in [-0.1, -0.05) is 24.3 Å². The van der Waals surface area contributed by atoms with E-state index in [1.807, 2.05) is 0 Å². The molecule has 3 nitrogen and oxygen atoms in total. The van der Waals surface area contributed by atoms with E-state index in [-0.39, 0.29) is 16.7 Å². The molecule has 0 bridgehead atoms. The monoisotopic (exact) mass is 210 g/mol. The zero-order valence-electron chi connectivity index (χ0n) is 8.24. The normalized spacial score (nSPS) is 13.6. The summed E-state index contributed by atoms with van der Waals surface area (Å²) in [6.45, 7) is 0. The molecule has 0 saturated carbocycles. The third-order valence-electron chi connectivity index (χ3n) is 2.53. The fourth-order valence-electron chi connectivity index (χ4n) is 1.79. The van der Waals surface area contributed by atoms with Gasteiger partial charge in [0.2, 0.25) is 0 Å². The van der Waals surface area contributed by atoms with Gasteiger partial charge in [-0.15, -0.1) is 0 Å². The lowest BCUT2D eigenvalue weighted by molar-refractivity contribution is 0.563. The van der Waals surface area contributed by atoms with E-state index in [0.29, 0.717) is 12.0 Å². The molecule has 0 amide bonds. The van der Waals surface area contributed by atoms with E-state index in [9.17, 15) is 14.4 Å². The number of allylic oxidation sites excluding steroid dienone is 3. The van der Waals surface area contributed by atoms with Crippen LogP contribution in [-0.2, 0) is 20.8 Å². The van der Waals surface area contributed by atoms with Crippen LogP contribution in [0.2, 0.25) is 0 Å². The Balaban J connectivity index is 2.81. The number of carbonyl (C=O) groups excluding carboxylic acids is 3. The molecule has 0 atom stereocenters. The van der Waals surface area contributed by atoms with Crippen molar-refractivity contribution in [3.63, 3.8) is 0 Å². The van der Waals surface area contributed by atoms with Crippen molar-refractivity contribution in [2.45, 2.75) is 6.42 Å². The van der Waals surface area contributed by atoms with E-state index in [1.54, 1.807) is 42.1 Å². The molecule has 3 heteroatoms. The third kappa shape index (κ3) is 1.38. The van der Waals surface area contributed by atoms with Crippen LogP contribution in [-0.4, -0.2) is 17.8 Å². The molecular weight excluding hydrogens is 204 g/mol. The first-order chi connectivity index (χ1) is 7.81. The minimum Gasteiger partial charge on any atom is -0.233 e. The van der Waals surface area contributed by atoms with Gasteiger partial charge in [-0.3, -0.25) is 0 Å². The first kappa shape index (κ1) is 10.1. The molecule has 0 radical (unpaired) electrons. The molecule has 0 aliphatic heterocycles. The molecule has 16 heavy (non-hydrogen) atoms. The van der Waals surface area contributed by atoms with Crippen LogP contribution in [0.3, 0.4) is 0 Å². The average molecular weight is 210 g/mol. The topological polar surface area (TPSA) is 51.2 Å². The standard InChI is InChI=1S/C13H6O3/c14-6-10-5-9-3-1-2-4-11(9)13(8-16)12(10)7-15/h1-4H,5H2. The molecule has 0 unspecified atom stereocenters. The zero-order valence-corrected chi connectivity index (χ0v) is 8.24. The van der Waals surface area contributed by atoms with Gasteiger partial charge >= 0.3 is 0 Å². The van der Waals surface area contributed by atoms with Gasteiger partial charge in [-0.2, -0.15) is 0 Å². The Morgan fingerprint density at radius 1 is 0.875 bits per heavy atom. The molecular formula is C13H6O3. The Hall–Kier alpha value is -2.43. The summed E-state index contributed by atoms with van der Waals surface area (Å²) in [5, 5.41) is 0. The Morgan fingerprint density at radius 2 is 1.56 bits per heavy atom. The molecule has 76 valence electrons. The molecule has 1 aromatic carbocycles. The van der Waals surface area contributed by atoms with Crippen molar-refractivity contribution in [1.29, 1.82) is 0 Å². The van der Waals surface area contributed by atoms with Gasteiger partial charge in [-0.25, -0.2) is 14.4 Å². The first-order valence-corrected chi connectivity index (χ1v) is 4.65. The van der Waals surface area contributed by atoms with Gasteiger partial charge in [0.1, 0.15) is 17.8 Å². The van der Waals surface area contributed by atoms with E-state index < -0.39 is 0 Å². The highest BCUT2D eigenvalue weighted by Crippen LogP contribution is 2.33. The van der Waals surface area contributed by atoms with Crippen molar-refractivity contribution < 1.29 is 14.4 Å². The van der Waals surface area contributed by atoms with E-state index in [4.69, 9.17) is 0 Å². The quantitative estimate of drug-likeness (QED) is 0.599. The number of rotatable bonds is 0. The number of hydrogen-bond acceptors (Lipinski definition) is 3. The minimum atomic E-state index is -0.0244. The third-order valence-corrected chi connectivity index (χ3v) is 2.53. The molecule has 0 spiro atoms. The van der Waals surface area contributed by atoms with Crippen molar-refractivity contribution in [1.82, 2.24) is 0 Å². The summed E-state index contributed by atoms with van der Waals surface area (Å²) in [5.41, 5.74) is 1.68. The SMILES string of the molecule is O=C=C1Cc2ccccc2C(=C=O)C1=C=O. The fraction of sp³-hybridized carbons (Fsp3) is 0.0769. The van der Waals surface area contributed by atoms with Crippen molar-refractivity contribution in [2.75, 3.05) is 0 Å². The van der Waals surface area contributed by atoms with Crippen LogP contribution in [0.5, 0.6) is 0 Å². The predicted octanol–water partition coefficient (Wildman–Crippen LogP) is 0.974. The van der Waals surface area contributed by atoms with Crippen LogP contribution in [0.1, 0.15) is 11.1 Å². The number of fused-ring (bicyclic) bond motifs is 1. The van der Waals surface area contributed by atoms with Crippen LogP contribution < -0.4 is 0 Å². The molecule has 1 aliphatic rings. The second-order valence-electron chi connectivity index (χ2n) is 3.37. The summed E-state index contributed by atoms with van der Waals surface area (Å²) in [6.07, 6.45) is 0.301. The van der Waals surface area contributed by atoms with Crippen LogP contribution in [0.4, 0.5) is 0 Å². The Morgan fingerprint density at radius 3 is 2.19 bits per heavy atom. The maximum atomic E-state index is 10.8. The lowest BCUT2D eigenvalue weighted by Gasteiger charge is -2.17. The van der Waals surface area contributed by atoms with Gasteiger partial charge in [0, 0.05) is 6.42 Å². The zero-order chi connectivity index (χ0) is 11.5. The Labute approximate surface area is 91.4 Å². The van der Waals surface area contributed by atoms with Gasteiger partial charge < -0.3 is 0 Å². The number of benzene rings is 1. The smallest absolute Gasteiger partial charge is 0.134 e. The van der Waals surface area contributed by atoms with E-state index >= 15 is 0 Å². The van der Waals surface area contributed by atoms with Crippen molar-refractivity contribution in [2.24, 2.45) is 0 Å². The minimum absolute atomic E-state index is 0.0244. The van der Waals surface area contributed by atoms with Crippen LogP contribution in [0, 0.1) is 0 Å². The highest BCUT2D eigenvalue weighted by atomic mass is 16.1. The van der Waals surface area contributed by atoms with E-state index in [0.717, 1.165) is 5.56 Å². The molecule has 1 aromatic rings. The molecule has 0 heterocycles. The summed E-state index contributed by atoms with van der Waals surface area (Å²) in [4.78, 5) is 32.3. The van der Waals surface area contributed by atoms with E-state index in [1.165, 1.54) is 0 Å². The first-order valence-electron chi connectivity index (χ1n) is 4.65. The fourth-order valence-corrected chi connectivity index (χ4v) is 1.79. The van der Waals surface area contributed by atoms with Crippen LogP contribution in [0.15, 0.2) is 35.4 Å². The Kier molecular flexibility index (Phi) is 2.51. The second kappa shape index (κ2) is 3.98. The summed E-state index contributed by atoms with van der Waals surface area (Å²) in [6, 6.07) is 7.08. The highest BCUT2D eigenvalue weighted by Gasteiger charge is 2.25. The molecule has 1 aliphatic carbocycles. The summed E-state index contributed by atoms with van der Waals surface area (Å²) in [5.74, 6) is 4.98. The molecule has 0 aromatic heterocycles. The summed E-state index contributed by atoms with van der Waals surface area (Å²) >= 11 is 0. The molecule has 0 N–H and O–H groups in total. The maximum absolute atomic E-state index is 10.8. The van der Waals surface area contributed by atoms with E-state index in [2.05, 4.69) is 0 Å². The average Bonchev–Trinajstić information content (AvgIpc) is 2.36. The lowest BCUT2D eigenvalue weighted by atomic mass is 9.82. The van der Waals surface area contributed by atoms with Gasteiger partial charge in [0.05, 0.1) is 16.7 Å². The van der Waals surface area contributed by atoms with Gasteiger partial charge in [0.25, 0.3) is 0 Å². The highest BCUT2D eigenvalue weighted by molar-refractivity contribution is 6.08. The van der Waals surface area contributed by atoms with Crippen molar-refractivity contribution in [3.8, 4) is 0 Å². The van der Waals surface area contributed by atoms with Gasteiger partial charge in [-0.05, 0) is 11.1 Å². The summed E-state index contributed by atoms with van der Waals surface area (Å²) < 4.78 is 0. The second-order valence-corrected chi connectivity index (χ2v) is 3.37. The number of hydrogen-bond donors (Lipinski definition) is 0. The summed E-state index contributed by atoms with van der Waals surface area (Å²) in [7, 11) is 0. The Bertz CT molecular complexity index is 606. The van der Waals surface area contributed by atoms with Crippen molar-refractivity contribution >= 4 is 23.4 Å². The molecule has 0 fully saturated rings. The van der Waals surface area contributed by atoms with Crippen molar-refractivity contribution in [3.05, 3.63) is 46.5 Å². The van der Waals surface area contributed by atoms with Crippen LogP contribution in [0.25, 0.3) is 5.57 Å². The molecule has 0 saturated heterocycles. The maximum Gasteiger partial charge on any atom is 0.134 e. The van der Waals surface area contributed by atoms with Crippen LogP contribution >= 0.6 is 0 Å². The predicted molar refractivity (Wildman–Crippen MR) is 57.7 cm³/mol. The molecule has 2 rings (SSSR count). The largest absolute Gasteiger partial charge is 0.233 e. The van der Waals surface area contributed by atoms with Gasteiger partial charge in [0.15, 0.2) is 0 Å².